The van der Waals surface area contributed by atoms with E-state index in [4.69, 9.17) is 5.73 Å². The number of rotatable bonds is 4. The van der Waals surface area contributed by atoms with Crippen molar-refractivity contribution in [1.29, 1.82) is 0 Å². The van der Waals surface area contributed by atoms with Gasteiger partial charge in [0.05, 0.1) is 5.60 Å². The first kappa shape index (κ1) is 14.8. The number of hydrogen-bond acceptors (Lipinski definition) is 4. The number of nitrogens with zero attached hydrogens (tertiary/aromatic N) is 1. The van der Waals surface area contributed by atoms with Crippen LogP contribution in [0.3, 0.4) is 0 Å². The molecule has 0 spiro atoms. The van der Waals surface area contributed by atoms with Crippen molar-refractivity contribution in [3.8, 4) is 0 Å². The Morgan fingerprint density at radius 3 is 2.80 bits per heavy atom. The minimum absolute atomic E-state index is 0.00654. The standard InChI is InChI=1S/C15H23N3O2/c1-15(20)6-9-18(10-7-15)8-5-14(19)17-13-4-2-3-12(16)11-13/h2-4,11,20H,5-10,16H2,1H3,(H,17,19). The van der Waals surface area contributed by atoms with Gasteiger partial charge in [0.2, 0.25) is 5.91 Å². The lowest BCUT2D eigenvalue weighted by atomic mass is 9.94. The summed E-state index contributed by atoms with van der Waals surface area (Å²) in [5, 5.41) is 12.7. The lowest BCUT2D eigenvalue weighted by molar-refractivity contribution is -0.116. The predicted molar refractivity (Wildman–Crippen MR) is 80.4 cm³/mol. The van der Waals surface area contributed by atoms with Crippen LogP contribution in [0.4, 0.5) is 11.4 Å². The van der Waals surface area contributed by atoms with Crippen LogP contribution in [0.5, 0.6) is 0 Å². The van der Waals surface area contributed by atoms with Crippen LogP contribution >= 0.6 is 0 Å². The van der Waals surface area contributed by atoms with Gasteiger partial charge in [0, 0.05) is 37.4 Å². The third-order valence-electron chi connectivity index (χ3n) is 3.76. The van der Waals surface area contributed by atoms with Gasteiger partial charge >= 0.3 is 0 Å². The third-order valence-corrected chi connectivity index (χ3v) is 3.76. The van der Waals surface area contributed by atoms with Crippen LogP contribution in [0.1, 0.15) is 26.2 Å². The lowest BCUT2D eigenvalue weighted by Crippen LogP contribution is -2.43. The third kappa shape index (κ3) is 4.51. The molecule has 5 heteroatoms. The van der Waals surface area contributed by atoms with E-state index in [1.165, 1.54) is 0 Å². The summed E-state index contributed by atoms with van der Waals surface area (Å²) in [5.74, 6) is -0.00654. The molecule has 110 valence electrons. The summed E-state index contributed by atoms with van der Waals surface area (Å²) in [4.78, 5) is 14.1. The van der Waals surface area contributed by atoms with Crippen LogP contribution in [0.25, 0.3) is 0 Å². The molecule has 0 atom stereocenters. The highest BCUT2D eigenvalue weighted by atomic mass is 16.3. The average molecular weight is 277 g/mol. The van der Waals surface area contributed by atoms with Gasteiger partial charge in [0.25, 0.3) is 0 Å². The van der Waals surface area contributed by atoms with Crippen molar-refractivity contribution in [2.24, 2.45) is 0 Å². The number of aliphatic hydroxyl groups is 1. The molecule has 2 rings (SSSR count). The first-order chi connectivity index (χ1) is 9.44. The summed E-state index contributed by atoms with van der Waals surface area (Å²) in [7, 11) is 0. The summed E-state index contributed by atoms with van der Waals surface area (Å²) in [5.41, 5.74) is 6.50. The number of hydrogen-bond donors (Lipinski definition) is 3. The maximum Gasteiger partial charge on any atom is 0.225 e. The second-order valence-corrected chi connectivity index (χ2v) is 5.76. The van der Waals surface area contributed by atoms with Gasteiger partial charge in [0.1, 0.15) is 0 Å². The van der Waals surface area contributed by atoms with Gasteiger partial charge in [-0.3, -0.25) is 4.79 Å². The van der Waals surface area contributed by atoms with Crippen molar-refractivity contribution in [1.82, 2.24) is 4.90 Å². The molecule has 4 N–H and O–H groups in total. The molecule has 1 saturated heterocycles. The van der Waals surface area contributed by atoms with Gasteiger partial charge in [-0.15, -0.1) is 0 Å². The zero-order valence-electron chi connectivity index (χ0n) is 11.9. The van der Waals surface area contributed by atoms with E-state index in [1.54, 1.807) is 12.1 Å². The zero-order chi connectivity index (χ0) is 14.6. The molecule has 0 bridgehead atoms. The minimum atomic E-state index is -0.541. The minimum Gasteiger partial charge on any atom is -0.399 e. The molecule has 1 aromatic carbocycles. The van der Waals surface area contributed by atoms with Crippen molar-refractivity contribution >= 4 is 17.3 Å². The van der Waals surface area contributed by atoms with Gasteiger partial charge in [-0.2, -0.15) is 0 Å². The fourth-order valence-electron chi connectivity index (χ4n) is 2.36. The number of nitrogen functional groups attached to an aromatic ring is 1. The van der Waals surface area contributed by atoms with Crippen LogP contribution in [0, 0.1) is 0 Å². The van der Waals surface area contributed by atoms with E-state index >= 15 is 0 Å². The summed E-state index contributed by atoms with van der Waals surface area (Å²) in [6.45, 7) is 4.29. The molecule has 1 aliphatic rings. The summed E-state index contributed by atoms with van der Waals surface area (Å²) < 4.78 is 0. The molecular weight excluding hydrogens is 254 g/mol. The van der Waals surface area contributed by atoms with E-state index in [0.29, 0.717) is 12.1 Å². The Hall–Kier alpha value is -1.59. The first-order valence-electron chi connectivity index (χ1n) is 7.05. The molecule has 0 radical (unpaired) electrons. The van der Waals surface area contributed by atoms with Crippen molar-refractivity contribution in [2.45, 2.75) is 31.8 Å². The number of nitrogens with two attached hydrogens (primary N) is 1. The van der Waals surface area contributed by atoms with Crippen LogP contribution in [-0.4, -0.2) is 41.1 Å². The zero-order valence-corrected chi connectivity index (χ0v) is 11.9. The highest BCUT2D eigenvalue weighted by Gasteiger charge is 2.27. The number of carbonyl (C=O) groups excluding carboxylic acids is 1. The lowest BCUT2D eigenvalue weighted by Gasteiger charge is -2.35. The predicted octanol–water partition coefficient (Wildman–Crippen LogP) is 1.44. The van der Waals surface area contributed by atoms with E-state index in [-0.39, 0.29) is 5.91 Å². The summed E-state index contributed by atoms with van der Waals surface area (Å²) in [6, 6.07) is 7.18. The SMILES string of the molecule is CC1(O)CCN(CCC(=O)Nc2cccc(N)c2)CC1. The maximum absolute atomic E-state index is 11.9. The van der Waals surface area contributed by atoms with E-state index in [0.717, 1.165) is 38.2 Å². The Morgan fingerprint density at radius 1 is 1.45 bits per heavy atom. The normalized spacial score (nSPS) is 18.7. The smallest absolute Gasteiger partial charge is 0.225 e. The number of amides is 1. The topological polar surface area (TPSA) is 78.6 Å². The maximum atomic E-state index is 11.9. The second kappa shape index (κ2) is 6.24. The monoisotopic (exact) mass is 277 g/mol. The van der Waals surface area contributed by atoms with E-state index in [1.807, 2.05) is 19.1 Å². The molecule has 1 fully saturated rings. The molecule has 0 aliphatic carbocycles. The molecular formula is C15H23N3O2. The Bertz CT molecular complexity index is 464. The Labute approximate surface area is 119 Å². The fraction of sp³-hybridized carbons (Fsp3) is 0.533. The Kier molecular flexibility index (Phi) is 4.62. The van der Waals surface area contributed by atoms with Gasteiger partial charge in [-0.25, -0.2) is 0 Å². The number of carbonyl (C=O) groups is 1. The van der Waals surface area contributed by atoms with Crippen molar-refractivity contribution in [3.05, 3.63) is 24.3 Å². The van der Waals surface area contributed by atoms with Gasteiger partial charge in [0.15, 0.2) is 0 Å². The molecule has 20 heavy (non-hydrogen) atoms. The van der Waals surface area contributed by atoms with Gasteiger partial charge in [-0.1, -0.05) is 6.07 Å². The number of benzene rings is 1. The first-order valence-corrected chi connectivity index (χ1v) is 7.05. The highest BCUT2D eigenvalue weighted by Crippen LogP contribution is 2.21. The van der Waals surface area contributed by atoms with E-state index in [2.05, 4.69) is 10.2 Å². The molecule has 1 aliphatic heterocycles. The van der Waals surface area contributed by atoms with Gasteiger partial charge in [-0.05, 0) is 38.0 Å². The number of anilines is 2. The Morgan fingerprint density at radius 2 is 2.15 bits per heavy atom. The molecule has 1 heterocycles. The van der Waals surface area contributed by atoms with Crippen molar-refractivity contribution in [2.75, 3.05) is 30.7 Å². The second-order valence-electron chi connectivity index (χ2n) is 5.76. The van der Waals surface area contributed by atoms with Crippen LogP contribution in [0.15, 0.2) is 24.3 Å². The van der Waals surface area contributed by atoms with Crippen LogP contribution in [0.2, 0.25) is 0 Å². The molecule has 0 saturated carbocycles. The number of likely N-dealkylation sites (tertiary alicyclic amines) is 1. The van der Waals surface area contributed by atoms with Crippen molar-refractivity contribution in [3.63, 3.8) is 0 Å². The summed E-state index contributed by atoms with van der Waals surface area (Å²) >= 11 is 0. The fourth-order valence-corrected chi connectivity index (χ4v) is 2.36. The van der Waals surface area contributed by atoms with Crippen LogP contribution in [-0.2, 0) is 4.79 Å². The molecule has 1 aromatic rings. The highest BCUT2D eigenvalue weighted by molar-refractivity contribution is 5.91. The summed E-state index contributed by atoms with van der Waals surface area (Å²) in [6.07, 6.45) is 1.99. The Balaban J connectivity index is 1.73. The molecule has 1 amide bonds. The molecule has 0 unspecified atom stereocenters. The quantitative estimate of drug-likeness (QED) is 0.728. The molecule has 5 nitrogen and oxygen atoms in total. The van der Waals surface area contributed by atoms with Crippen molar-refractivity contribution < 1.29 is 9.90 Å². The van der Waals surface area contributed by atoms with Crippen LogP contribution < -0.4 is 11.1 Å². The van der Waals surface area contributed by atoms with Gasteiger partial charge < -0.3 is 21.1 Å². The number of nitrogens with one attached hydrogen (secondary N) is 1. The molecule has 0 aromatic heterocycles. The number of piperidine rings is 1. The largest absolute Gasteiger partial charge is 0.399 e. The van der Waals surface area contributed by atoms with E-state index < -0.39 is 5.60 Å². The van der Waals surface area contributed by atoms with E-state index in [9.17, 15) is 9.90 Å². The average Bonchev–Trinajstić information content (AvgIpc) is 2.37.